The molecule has 1 aliphatic rings. The van der Waals surface area contributed by atoms with E-state index in [2.05, 4.69) is 37.4 Å². The van der Waals surface area contributed by atoms with Gasteiger partial charge in [-0.25, -0.2) is 4.79 Å². The molecule has 1 aromatic rings. The van der Waals surface area contributed by atoms with Crippen LogP contribution in [0.4, 0.5) is 10.5 Å². The Morgan fingerprint density at radius 3 is 2.70 bits per heavy atom. The number of nitrogens with one attached hydrogen (secondary N) is 1. The number of nitrogens with zero attached hydrogens (tertiary/aromatic N) is 1. The Balaban J connectivity index is 1.99. The number of hydrogen-bond acceptors (Lipinski definition) is 3. The van der Waals surface area contributed by atoms with Gasteiger partial charge in [0.25, 0.3) is 0 Å². The first-order valence-corrected chi connectivity index (χ1v) is 8.58. The minimum atomic E-state index is -0.447. The average molecular weight is 318 g/mol. The van der Waals surface area contributed by atoms with Gasteiger partial charge in [0, 0.05) is 25.3 Å². The van der Waals surface area contributed by atoms with Gasteiger partial charge in [0.05, 0.1) is 0 Å². The molecule has 0 fully saturated rings. The normalized spacial score (nSPS) is 14.6. The summed E-state index contributed by atoms with van der Waals surface area (Å²) in [6.45, 7) is 12.5. The van der Waals surface area contributed by atoms with Crippen molar-refractivity contribution in [1.29, 1.82) is 0 Å². The SMILES string of the molecule is CC(C)CCNc1ccc2c(c1)CN(C(=O)OC(C)(C)C)CC2. The molecule has 1 heterocycles. The molecule has 0 saturated carbocycles. The lowest BCUT2D eigenvalue weighted by Crippen LogP contribution is -2.39. The molecule has 0 aliphatic carbocycles. The number of ether oxygens (including phenoxy) is 1. The number of benzene rings is 1. The maximum absolute atomic E-state index is 12.2. The number of amides is 1. The summed E-state index contributed by atoms with van der Waals surface area (Å²) in [5, 5.41) is 3.47. The first-order valence-electron chi connectivity index (χ1n) is 8.58. The van der Waals surface area contributed by atoms with Crippen molar-refractivity contribution in [1.82, 2.24) is 4.90 Å². The molecule has 4 heteroatoms. The lowest BCUT2D eigenvalue weighted by atomic mass is 9.99. The van der Waals surface area contributed by atoms with Crippen molar-refractivity contribution in [2.75, 3.05) is 18.4 Å². The highest BCUT2D eigenvalue weighted by Crippen LogP contribution is 2.24. The van der Waals surface area contributed by atoms with Crippen LogP contribution in [0.3, 0.4) is 0 Å². The van der Waals surface area contributed by atoms with Crippen molar-refractivity contribution >= 4 is 11.8 Å². The van der Waals surface area contributed by atoms with Crippen molar-refractivity contribution in [3.05, 3.63) is 29.3 Å². The van der Waals surface area contributed by atoms with E-state index in [-0.39, 0.29) is 6.09 Å². The summed E-state index contributed by atoms with van der Waals surface area (Å²) < 4.78 is 5.49. The highest BCUT2D eigenvalue weighted by Gasteiger charge is 2.25. The molecule has 0 unspecified atom stereocenters. The monoisotopic (exact) mass is 318 g/mol. The Labute approximate surface area is 140 Å². The third-order valence-corrected chi connectivity index (χ3v) is 3.92. The number of anilines is 1. The molecule has 0 bridgehead atoms. The fourth-order valence-corrected chi connectivity index (χ4v) is 2.65. The van der Waals surface area contributed by atoms with E-state index in [1.165, 1.54) is 11.1 Å². The second-order valence-corrected chi connectivity index (χ2v) is 7.74. The minimum absolute atomic E-state index is 0.221. The molecule has 0 spiro atoms. The van der Waals surface area contributed by atoms with Gasteiger partial charge < -0.3 is 15.0 Å². The average Bonchev–Trinajstić information content (AvgIpc) is 2.44. The molecule has 1 N–H and O–H groups in total. The van der Waals surface area contributed by atoms with Crippen molar-refractivity contribution < 1.29 is 9.53 Å². The number of hydrogen-bond donors (Lipinski definition) is 1. The molecule has 0 atom stereocenters. The van der Waals surface area contributed by atoms with Crippen LogP contribution in [0.1, 0.15) is 52.2 Å². The quantitative estimate of drug-likeness (QED) is 0.892. The molecule has 128 valence electrons. The molecule has 1 aromatic carbocycles. The molecule has 0 saturated heterocycles. The molecule has 4 nitrogen and oxygen atoms in total. The summed E-state index contributed by atoms with van der Waals surface area (Å²) in [6, 6.07) is 6.49. The smallest absolute Gasteiger partial charge is 0.410 e. The maximum atomic E-state index is 12.2. The molecular formula is C19H30N2O2. The highest BCUT2D eigenvalue weighted by molar-refractivity contribution is 5.69. The van der Waals surface area contributed by atoms with Crippen LogP contribution in [0.25, 0.3) is 0 Å². The fourth-order valence-electron chi connectivity index (χ4n) is 2.65. The summed E-state index contributed by atoms with van der Waals surface area (Å²) in [7, 11) is 0. The van der Waals surface area contributed by atoms with E-state index >= 15 is 0 Å². The Kier molecular flexibility index (Phi) is 5.55. The first-order chi connectivity index (χ1) is 10.7. The van der Waals surface area contributed by atoms with Crippen LogP contribution in [-0.4, -0.2) is 29.7 Å². The zero-order chi connectivity index (χ0) is 17.0. The van der Waals surface area contributed by atoms with E-state index in [0.29, 0.717) is 12.5 Å². The van der Waals surface area contributed by atoms with Crippen molar-refractivity contribution in [2.24, 2.45) is 5.92 Å². The Morgan fingerprint density at radius 2 is 2.04 bits per heavy atom. The molecule has 1 amide bonds. The van der Waals surface area contributed by atoms with Gasteiger partial charge in [0.1, 0.15) is 5.60 Å². The standard InChI is InChI=1S/C19H30N2O2/c1-14(2)8-10-20-17-7-6-15-9-11-21(13-16(15)12-17)18(22)23-19(3,4)5/h6-7,12,14,20H,8-11,13H2,1-5H3. The second-order valence-electron chi connectivity index (χ2n) is 7.74. The topological polar surface area (TPSA) is 41.6 Å². The van der Waals surface area contributed by atoms with Gasteiger partial charge in [-0.3, -0.25) is 0 Å². The van der Waals surface area contributed by atoms with E-state index in [0.717, 1.165) is 31.6 Å². The van der Waals surface area contributed by atoms with Crippen molar-refractivity contribution in [2.45, 2.75) is 59.6 Å². The van der Waals surface area contributed by atoms with Crippen LogP contribution in [0.5, 0.6) is 0 Å². The lowest BCUT2D eigenvalue weighted by molar-refractivity contribution is 0.0224. The second kappa shape index (κ2) is 7.24. The first kappa shape index (κ1) is 17.6. The molecule has 0 aromatic heterocycles. The number of carbonyl (C=O) groups is 1. The number of fused-ring (bicyclic) bond motifs is 1. The number of carbonyl (C=O) groups excluding carboxylic acids is 1. The van der Waals surface area contributed by atoms with Crippen LogP contribution in [0.2, 0.25) is 0 Å². The van der Waals surface area contributed by atoms with Crippen LogP contribution in [-0.2, 0) is 17.7 Å². The van der Waals surface area contributed by atoms with E-state index in [1.807, 2.05) is 20.8 Å². The maximum Gasteiger partial charge on any atom is 0.410 e. The van der Waals surface area contributed by atoms with E-state index in [4.69, 9.17) is 4.74 Å². The largest absolute Gasteiger partial charge is 0.444 e. The molecule has 2 rings (SSSR count). The predicted octanol–water partition coefficient (Wildman–Crippen LogP) is 4.44. The molecule has 23 heavy (non-hydrogen) atoms. The number of rotatable bonds is 4. The summed E-state index contributed by atoms with van der Waals surface area (Å²) in [5.41, 5.74) is 3.24. The summed E-state index contributed by atoms with van der Waals surface area (Å²) in [5.74, 6) is 0.697. The van der Waals surface area contributed by atoms with Gasteiger partial charge in [-0.2, -0.15) is 0 Å². The summed E-state index contributed by atoms with van der Waals surface area (Å²) >= 11 is 0. The van der Waals surface area contributed by atoms with Gasteiger partial charge in [-0.15, -0.1) is 0 Å². The van der Waals surface area contributed by atoms with Crippen LogP contribution < -0.4 is 5.32 Å². The Hall–Kier alpha value is -1.71. The van der Waals surface area contributed by atoms with Crippen LogP contribution in [0.15, 0.2) is 18.2 Å². The lowest BCUT2D eigenvalue weighted by Gasteiger charge is -2.31. The molecular weight excluding hydrogens is 288 g/mol. The molecule has 0 radical (unpaired) electrons. The van der Waals surface area contributed by atoms with E-state index in [1.54, 1.807) is 4.90 Å². The van der Waals surface area contributed by atoms with Crippen LogP contribution in [0, 0.1) is 5.92 Å². The third-order valence-electron chi connectivity index (χ3n) is 3.92. The van der Waals surface area contributed by atoms with E-state index < -0.39 is 5.60 Å². The Bertz CT molecular complexity index is 547. The highest BCUT2D eigenvalue weighted by atomic mass is 16.6. The van der Waals surface area contributed by atoms with Gasteiger partial charge in [0.2, 0.25) is 0 Å². The minimum Gasteiger partial charge on any atom is -0.444 e. The van der Waals surface area contributed by atoms with Crippen molar-refractivity contribution in [3.8, 4) is 0 Å². The summed E-state index contributed by atoms with van der Waals surface area (Å²) in [4.78, 5) is 14.0. The van der Waals surface area contributed by atoms with Gasteiger partial charge in [-0.1, -0.05) is 19.9 Å². The Morgan fingerprint density at radius 1 is 1.30 bits per heavy atom. The third kappa shape index (κ3) is 5.45. The van der Waals surface area contributed by atoms with Crippen LogP contribution >= 0.6 is 0 Å². The molecule has 1 aliphatic heterocycles. The van der Waals surface area contributed by atoms with Gasteiger partial charge in [0.15, 0.2) is 0 Å². The predicted molar refractivity (Wildman–Crippen MR) is 94.7 cm³/mol. The fraction of sp³-hybridized carbons (Fsp3) is 0.632. The van der Waals surface area contributed by atoms with Gasteiger partial charge >= 0.3 is 6.09 Å². The van der Waals surface area contributed by atoms with Crippen molar-refractivity contribution in [3.63, 3.8) is 0 Å². The zero-order valence-electron chi connectivity index (χ0n) is 15.1. The van der Waals surface area contributed by atoms with Gasteiger partial charge in [-0.05, 0) is 62.8 Å². The zero-order valence-corrected chi connectivity index (χ0v) is 15.1. The summed E-state index contributed by atoms with van der Waals surface area (Å²) in [6.07, 6.45) is 1.82. The van der Waals surface area contributed by atoms with E-state index in [9.17, 15) is 4.79 Å².